The summed E-state index contributed by atoms with van der Waals surface area (Å²) in [7, 11) is 0. The van der Waals surface area contributed by atoms with Gasteiger partial charge in [0.05, 0.1) is 18.9 Å². The van der Waals surface area contributed by atoms with Gasteiger partial charge in [0.2, 0.25) is 5.91 Å². The lowest BCUT2D eigenvalue weighted by atomic mass is 10.2. The molecule has 1 fully saturated rings. The van der Waals surface area contributed by atoms with Gasteiger partial charge in [0, 0.05) is 31.6 Å². The average molecular weight is 369 g/mol. The van der Waals surface area contributed by atoms with Crippen molar-refractivity contribution in [3.05, 3.63) is 35.4 Å². The smallest absolute Gasteiger partial charge is 0.222 e. The first-order valence-corrected chi connectivity index (χ1v) is 9.22. The number of nitrogens with zero attached hydrogens (tertiary/aromatic N) is 7. The summed E-state index contributed by atoms with van der Waals surface area (Å²) >= 11 is 0. The molecule has 4 rings (SSSR count). The number of aromatic nitrogens is 6. The predicted molar refractivity (Wildman–Crippen MR) is 97.7 cm³/mol. The Balaban J connectivity index is 1.46. The monoisotopic (exact) mass is 369 g/mol. The lowest BCUT2D eigenvalue weighted by Crippen LogP contribution is -2.40. The quantitative estimate of drug-likeness (QED) is 0.669. The van der Waals surface area contributed by atoms with Crippen molar-refractivity contribution in [1.29, 1.82) is 0 Å². The van der Waals surface area contributed by atoms with Gasteiger partial charge in [-0.25, -0.2) is 4.68 Å². The van der Waals surface area contributed by atoms with Crippen molar-refractivity contribution in [2.24, 2.45) is 0 Å². The van der Waals surface area contributed by atoms with E-state index in [0.717, 1.165) is 23.0 Å². The molecule has 1 saturated heterocycles. The van der Waals surface area contributed by atoms with E-state index in [1.807, 2.05) is 36.9 Å². The van der Waals surface area contributed by atoms with Crippen molar-refractivity contribution in [1.82, 2.24) is 34.5 Å². The van der Waals surface area contributed by atoms with Crippen molar-refractivity contribution >= 4 is 11.6 Å². The maximum atomic E-state index is 12.3. The van der Waals surface area contributed by atoms with Crippen LogP contribution in [0.5, 0.6) is 0 Å². The second-order valence-electron chi connectivity index (χ2n) is 6.76. The zero-order valence-corrected chi connectivity index (χ0v) is 15.6. The fourth-order valence-electron chi connectivity index (χ4n) is 3.32. The lowest BCUT2D eigenvalue weighted by molar-refractivity contribution is -0.135. The Morgan fingerprint density at radius 3 is 2.70 bits per heavy atom. The summed E-state index contributed by atoms with van der Waals surface area (Å²) in [4.78, 5) is 14.1. The van der Waals surface area contributed by atoms with Crippen LogP contribution >= 0.6 is 0 Å². The molecule has 1 aliphatic heterocycles. The van der Waals surface area contributed by atoms with Crippen LogP contribution in [0.1, 0.15) is 30.1 Å². The van der Waals surface area contributed by atoms with E-state index >= 15 is 0 Å². The highest BCUT2D eigenvalue weighted by molar-refractivity contribution is 5.76. The van der Waals surface area contributed by atoms with Gasteiger partial charge in [-0.3, -0.25) is 4.79 Å². The summed E-state index contributed by atoms with van der Waals surface area (Å²) in [6.45, 7) is 6.56. The van der Waals surface area contributed by atoms with Crippen molar-refractivity contribution in [3.63, 3.8) is 0 Å². The fraction of sp³-hybridized carbons (Fsp3) is 0.500. The summed E-state index contributed by atoms with van der Waals surface area (Å²) < 4.78 is 8.84. The van der Waals surface area contributed by atoms with Crippen molar-refractivity contribution in [2.45, 2.75) is 33.1 Å². The number of amides is 1. The highest BCUT2D eigenvalue weighted by Gasteiger charge is 2.17. The highest BCUT2D eigenvalue weighted by Crippen LogP contribution is 2.12. The molecule has 0 aromatic carbocycles. The molecule has 0 saturated carbocycles. The maximum absolute atomic E-state index is 12.3. The van der Waals surface area contributed by atoms with Gasteiger partial charge in [-0.05, 0) is 38.5 Å². The Hall–Kier alpha value is -2.81. The summed E-state index contributed by atoms with van der Waals surface area (Å²) in [5.41, 5.74) is 2.65. The van der Waals surface area contributed by atoms with E-state index in [0.29, 0.717) is 51.2 Å². The molecule has 1 amide bonds. The topological polar surface area (TPSA) is 90.4 Å². The molecule has 0 atom stereocenters. The fourth-order valence-corrected chi connectivity index (χ4v) is 3.32. The van der Waals surface area contributed by atoms with Gasteiger partial charge >= 0.3 is 0 Å². The van der Waals surface area contributed by atoms with E-state index < -0.39 is 0 Å². The molecule has 1 aliphatic rings. The zero-order valence-electron chi connectivity index (χ0n) is 15.6. The summed E-state index contributed by atoms with van der Waals surface area (Å²) in [5.74, 6) is 1.64. The number of ether oxygens (including phenoxy) is 1. The molecule has 9 nitrogen and oxygen atoms in total. The Kier molecular flexibility index (Phi) is 4.85. The maximum Gasteiger partial charge on any atom is 0.222 e. The minimum absolute atomic E-state index is 0.170. The molecule has 0 bridgehead atoms. The minimum Gasteiger partial charge on any atom is -0.378 e. The molecule has 142 valence electrons. The lowest BCUT2D eigenvalue weighted by Gasteiger charge is -2.26. The van der Waals surface area contributed by atoms with Crippen molar-refractivity contribution < 1.29 is 9.53 Å². The zero-order chi connectivity index (χ0) is 18.8. The van der Waals surface area contributed by atoms with Gasteiger partial charge in [0.15, 0.2) is 17.3 Å². The Morgan fingerprint density at radius 1 is 1.15 bits per heavy atom. The number of carbonyl (C=O) groups is 1. The Bertz CT molecular complexity index is 956. The number of morpholine rings is 1. The standard InChI is InChI=1S/C18H23N7O2/c1-13-12-14(2)24(21-13)17-7-6-16-20-19-15(25(16)22-17)4-3-5-18(26)23-8-10-27-11-9-23/h6-7,12H,3-5,8-11H2,1-2H3. The SMILES string of the molecule is Cc1cc(C)n(-c2ccc3nnc(CCCC(=O)N4CCOCC4)n3n2)n1. The normalized spacial score (nSPS) is 14.8. The molecule has 0 radical (unpaired) electrons. The Labute approximate surface area is 156 Å². The average Bonchev–Trinajstić information content (AvgIpc) is 3.24. The third-order valence-corrected chi connectivity index (χ3v) is 4.69. The number of hydrogen-bond donors (Lipinski definition) is 0. The number of hydrogen-bond acceptors (Lipinski definition) is 6. The molecule has 4 heterocycles. The highest BCUT2D eigenvalue weighted by atomic mass is 16.5. The molecule has 0 aliphatic carbocycles. The summed E-state index contributed by atoms with van der Waals surface area (Å²) in [6.07, 6.45) is 1.85. The van der Waals surface area contributed by atoms with Crippen LogP contribution in [0.2, 0.25) is 0 Å². The summed E-state index contributed by atoms with van der Waals surface area (Å²) in [5, 5.41) is 17.5. The van der Waals surface area contributed by atoms with Crippen LogP contribution in [0, 0.1) is 13.8 Å². The third-order valence-electron chi connectivity index (χ3n) is 4.69. The molecule has 27 heavy (non-hydrogen) atoms. The van der Waals surface area contributed by atoms with Gasteiger partial charge in [0.1, 0.15) is 0 Å². The Morgan fingerprint density at radius 2 is 1.96 bits per heavy atom. The molecule has 3 aromatic rings. The van der Waals surface area contributed by atoms with Crippen LogP contribution in [-0.4, -0.2) is 66.7 Å². The molecular formula is C18H23N7O2. The summed E-state index contributed by atoms with van der Waals surface area (Å²) in [6, 6.07) is 5.78. The van der Waals surface area contributed by atoms with E-state index in [4.69, 9.17) is 4.74 Å². The molecule has 0 N–H and O–H groups in total. The first kappa shape index (κ1) is 17.6. The first-order chi connectivity index (χ1) is 13.1. The van der Waals surface area contributed by atoms with Crippen molar-refractivity contribution in [2.75, 3.05) is 26.3 Å². The van der Waals surface area contributed by atoms with Crippen LogP contribution in [0.25, 0.3) is 11.5 Å². The van der Waals surface area contributed by atoms with Crippen LogP contribution in [0.15, 0.2) is 18.2 Å². The second kappa shape index (κ2) is 7.43. The molecular weight excluding hydrogens is 346 g/mol. The van der Waals surface area contributed by atoms with Gasteiger partial charge < -0.3 is 9.64 Å². The van der Waals surface area contributed by atoms with Crippen molar-refractivity contribution in [3.8, 4) is 5.82 Å². The molecule has 9 heteroatoms. The number of rotatable bonds is 5. The van der Waals surface area contributed by atoms with E-state index in [1.54, 1.807) is 9.20 Å². The molecule has 3 aromatic heterocycles. The number of fused-ring (bicyclic) bond motifs is 1. The van der Waals surface area contributed by atoms with Crippen LogP contribution < -0.4 is 0 Å². The number of aryl methyl sites for hydroxylation is 3. The number of carbonyl (C=O) groups excluding carboxylic acids is 1. The molecule has 0 unspecified atom stereocenters. The first-order valence-electron chi connectivity index (χ1n) is 9.22. The van der Waals surface area contributed by atoms with Gasteiger partial charge in [0.25, 0.3) is 0 Å². The van der Waals surface area contributed by atoms with Gasteiger partial charge in [-0.2, -0.15) is 9.61 Å². The van der Waals surface area contributed by atoms with Crippen LogP contribution in [-0.2, 0) is 16.0 Å². The second-order valence-corrected chi connectivity index (χ2v) is 6.76. The van der Waals surface area contributed by atoms with Gasteiger partial charge in [-0.1, -0.05) is 0 Å². The van der Waals surface area contributed by atoms with Gasteiger partial charge in [-0.15, -0.1) is 15.3 Å². The van der Waals surface area contributed by atoms with Crippen LogP contribution in [0.4, 0.5) is 0 Å². The van der Waals surface area contributed by atoms with E-state index in [9.17, 15) is 4.79 Å². The van der Waals surface area contributed by atoms with E-state index in [1.165, 1.54) is 0 Å². The van der Waals surface area contributed by atoms with Crippen LogP contribution in [0.3, 0.4) is 0 Å². The minimum atomic E-state index is 0.170. The third kappa shape index (κ3) is 3.68. The van der Waals surface area contributed by atoms with E-state index in [-0.39, 0.29) is 5.91 Å². The largest absolute Gasteiger partial charge is 0.378 e. The predicted octanol–water partition coefficient (Wildman–Crippen LogP) is 1.11. The van der Waals surface area contributed by atoms with E-state index in [2.05, 4.69) is 20.4 Å². The molecule has 0 spiro atoms.